The number of benzene rings is 1. The van der Waals surface area contributed by atoms with Crippen LogP contribution >= 0.6 is 0 Å². The Kier molecular flexibility index (Phi) is 3.44. The molecule has 1 aromatic carbocycles. The van der Waals surface area contributed by atoms with Crippen LogP contribution < -0.4 is 5.32 Å². The molecule has 0 saturated heterocycles. The number of aromatic amines is 1. The quantitative estimate of drug-likeness (QED) is 0.774. The standard InChI is InChI=1S/C17H17N3O/c1-11-5-6-14-12(2)16(20-15(14)8-11)17(21)19-10-13-4-3-7-18-9-13/h3-9,20H,10H2,1-2H3,(H,19,21). The van der Waals surface area contributed by atoms with Crippen LogP contribution in [-0.4, -0.2) is 15.9 Å². The normalized spacial score (nSPS) is 10.8. The van der Waals surface area contributed by atoms with E-state index < -0.39 is 0 Å². The van der Waals surface area contributed by atoms with Crippen LogP contribution in [0.2, 0.25) is 0 Å². The van der Waals surface area contributed by atoms with Crippen LogP contribution in [0.5, 0.6) is 0 Å². The van der Waals surface area contributed by atoms with E-state index in [0.29, 0.717) is 12.2 Å². The fourth-order valence-corrected chi connectivity index (χ4v) is 2.45. The second kappa shape index (κ2) is 5.40. The topological polar surface area (TPSA) is 57.8 Å². The van der Waals surface area contributed by atoms with Crippen molar-refractivity contribution in [2.75, 3.05) is 0 Å². The third kappa shape index (κ3) is 2.65. The highest BCUT2D eigenvalue weighted by Gasteiger charge is 2.14. The second-order valence-corrected chi connectivity index (χ2v) is 5.22. The SMILES string of the molecule is Cc1ccc2c(C)c(C(=O)NCc3cccnc3)[nH]c2c1. The van der Waals surface area contributed by atoms with E-state index in [0.717, 1.165) is 22.0 Å². The van der Waals surface area contributed by atoms with E-state index in [-0.39, 0.29) is 5.91 Å². The number of pyridine rings is 1. The Hall–Kier alpha value is -2.62. The van der Waals surface area contributed by atoms with Crippen LogP contribution in [0, 0.1) is 13.8 Å². The predicted molar refractivity (Wildman–Crippen MR) is 83.2 cm³/mol. The van der Waals surface area contributed by atoms with Gasteiger partial charge in [0.15, 0.2) is 0 Å². The van der Waals surface area contributed by atoms with Crippen molar-refractivity contribution < 1.29 is 4.79 Å². The molecule has 0 atom stereocenters. The Labute approximate surface area is 123 Å². The number of aryl methyl sites for hydroxylation is 2. The number of amides is 1. The Balaban J connectivity index is 1.83. The first-order chi connectivity index (χ1) is 10.1. The molecule has 4 nitrogen and oxygen atoms in total. The number of nitrogens with one attached hydrogen (secondary N) is 2. The first kappa shape index (κ1) is 13.4. The van der Waals surface area contributed by atoms with Gasteiger partial charge < -0.3 is 10.3 Å². The molecule has 0 spiro atoms. The van der Waals surface area contributed by atoms with Crippen LogP contribution in [0.4, 0.5) is 0 Å². The Bertz CT molecular complexity index is 790. The van der Waals surface area contributed by atoms with Gasteiger partial charge in [-0.25, -0.2) is 0 Å². The number of rotatable bonds is 3. The van der Waals surface area contributed by atoms with Crippen molar-refractivity contribution >= 4 is 16.8 Å². The molecule has 106 valence electrons. The number of hydrogen-bond donors (Lipinski definition) is 2. The molecular weight excluding hydrogens is 262 g/mol. The van der Waals surface area contributed by atoms with E-state index in [1.165, 1.54) is 5.56 Å². The average molecular weight is 279 g/mol. The number of fused-ring (bicyclic) bond motifs is 1. The maximum Gasteiger partial charge on any atom is 0.268 e. The highest BCUT2D eigenvalue weighted by atomic mass is 16.1. The van der Waals surface area contributed by atoms with Gasteiger partial charge in [0, 0.05) is 29.8 Å². The summed E-state index contributed by atoms with van der Waals surface area (Å²) in [4.78, 5) is 19.6. The zero-order chi connectivity index (χ0) is 14.8. The Morgan fingerprint density at radius 3 is 2.90 bits per heavy atom. The van der Waals surface area contributed by atoms with Crippen LogP contribution in [0.25, 0.3) is 10.9 Å². The summed E-state index contributed by atoms with van der Waals surface area (Å²) < 4.78 is 0. The van der Waals surface area contributed by atoms with Crippen molar-refractivity contribution in [3.05, 3.63) is 65.1 Å². The average Bonchev–Trinajstić information content (AvgIpc) is 2.82. The lowest BCUT2D eigenvalue weighted by atomic mass is 10.1. The minimum absolute atomic E-state index is 0.0924. The number of carbonyl (C=O) groups is 1. The van der Waals surface area contributed by atoms with E-state index in [9.17, 15) is 4.79 Å². The highest BCUT2D eigenvalue weighted by molar-refractivity contribution is 6.00. The molecule has 0 aliphatic rings. The molecule has 3 aromatic rings. The number of nitrogens with zero attached hydrogens (tertiary/aromatic N) is 1. The molecular formula is C17H17N3O. The molecule has 0 saturated carbocycles. The highest BCUT2D eigenvalue weighted by Crippen LogP contribution is 2.22. The van der Waals surface area contributed by atoms with E-state index in [2.05, 4.69) is 27.4 Å². The van der Waals surface area contributed by atoms with Crippen molar-refractivity contribution in [2.24, 2.45) is 0 Å². The van der Waals surface area contributed by atoms with Crippen molar-refractivity contribution in [1.29, 1.82) is 0 Å². The van der Waals surface area contributed by atoms with Crippen LogP contribution in [-0.2, 0) is 6.54 Å². The molecule has 2 aromatic heterocycles. The first-order valence-electron chi connectivity index (χ1n) is 6.91. The summed E-state index contributed by atoms with van der Waals surface area (Å²) in [6, 6.07) is 9.96. The summed E-state index contributed by atoms with van der Waals surface area (Å²) in [7, 11) is 0. The van der Waals surface area contributed by atoms with Crippen molar-refractivity contribution in [1.82, 2.24) is 15.3 Å². The number of hydrogen-bond acceptors (Lipinski definition) is 2. The molecule has 0 fully saturated rings. The molecule has 0 bridgehead atoms. The summed E-state index contributed by atoms with van der Waals surface area (Å²) in [6.45, 7) is 4.48. The molecule has 0 unspecified atom stereocenters. The third-order valence-electron chi connectivity index (χ3n) is 3.62. The lowest BCUT2D eigenvalue weighted by Gasteiger charge is -2.04. The molecule has 0 radical (unpaired) electrons. The van der Waals surface area contributed by atoms with Crippen molar-refractivity contribution in [3.63, 3.8) is 0 Å². The summed E-state index contributed by atoms with van der Waals surface area (Å²) in [5.74, 6) is -0.0924. The molecule has 2 heterocycles. The van der Waals surface area contributed by atoms with Gasteiger partial charge in [-0.05, 0) is 42.7 Å². The van der Waals surface area contributed by atoms with Crippen molar-refractivity contribution in [2.45, 2.75) is 20.4 Å². The maximum atomic E-state index is 12.3. The van der Waals surface area contributed by atoms with E-state index in [4.69, 9.17) is 0 Å². The molecule has 4 heteroatoms. The molecule has 3 rings (SSSR count). The van der Waals surface area contributed by atoms with Gasteiger partial charge >= 0.3 is 0 Å². The Morgan fingerprint density at radius 2 is 2.14 bits per heavy atom. The van der Waals surface area contributed by atoms with Crippen molar-refractivity contribution in [3.8, 4) is 0 Å². The van der Waals surface area contributed by atoms with Gasteiger partial charge in [0.25, 0.3) is 5.91 Å². The van der Waals surface area contributed by atoms with Gasteiger partial charge in [0.1, 0.15) is 5.69 Å². The van der Waals surface area contributed by atoms with Crippen LogP contribution in [0.15, 0.2) is 42.7 Å². The van der Waals surface area contributed by atoms with E-state index in [1.54, 1.807) is 12.4 Å². The summed E-state index contributed by atoms with van der Waals surface area (Å²) >= 11 is 0. The zero-order valence-electron chi connectivity index (χ0n) is 12.1. The molecule has 0 aliphatic carbocycles. The lowest BCUT2D eigenvalue weighted by Crippen LogP contribution is -2.23. The molecule has 21 heavy (non-hydrogen) atoms. The maximum absolute atomic E-state index is 12.3. The van der Waals surface area contributed by atoms with Gasteiger partial charge in [-0.3, -0.25) is 9.78 Å². The minimum Gasteiger partial charge on any atom is -0.350 e. The summed E-state index contributed by atoms with van der Waals surface area (Å²) in [5, 5.41) is 4.01. The number of H-pyrrole nitrogens is 1. The first-order valence-corrected chi connectivity index (χ1v) is 6.91. The monoisotopic (exact) mass is 279 g/mol. The van der Waals surface area contributed by atoms with Crippen LogP contribution in [0.3, 0.4) is 0 Å². The zero-order valence-corrected chi connectivity index (χ0v) is 12.1. The number of aromatic nitrogens is 2. The molecule has 2 N–H and O–H groups in total. The van der Waals surface area contributed by atoms with Gasteiger partial charge in [0.2, 0.25) is 0 Å². The van der Waals surface area contributed by atoms with Gasteiger partial charge in [-0.15, -0.1) is 0 Å². The Morgan fingerprint density at radius 1 is 1.29 bits per heavy atom. The minimum atomic E-state index is -0.0924. The molecule has 1 amide bonds. The summed E-state index contributed by atoms with van der Waals surface area (Å²) in [6.07, 6.45) is 3.47. The van der Waals surface area contributed by atoms with E-state index >= 15 is 0 Å². The molecule has 0 aliphatic heterocycles. The fraction of sp³-hybridized carbons (Fsp3) is 0.176. The summed E-state index contributed by atoms with van der Waals surface area (Å²) in [5.41, 5.74) is 4.76. The third-order valence-corrected chi connectivity index (χ3v) is 3.62. The lowest BCUT2D eigenvalue weighted by molar-refractivity contribution is 0.0946. The van der Waals surface area contributed by atoms with Gasteiger partial charge in [-0.1, -0.05) is 18.2 Å². The van der Waals surface area contributed by atoms with Gasteiger partial charge in [-0.2, -0.15) is 0 Å². The van der Waals surface area contributed by atoms with E-state index in [1.807, 2.05) is 32.0 Å². The fourth-order valence-electron chi connectivity index (χ4n) is 2.45. The number of carbonyl (C=O) groups excluding carboxylic acids is 1. The largest absolute Gasteiger partial charge is 0.350 e. The predicted octanol–water partition coefficient (Wildman–Crippen LogP) is 3.11. The van der Waals surface area contributed by atoms with Gasteiger partial charge in [0.05, 0.1) is 0 Å². The smallest absolute Gasteiger partial charge is 0.268 e. The van der Waals surface area contributed by atoms with Crippen LogP contribution in [0.1, 0.15) is 27.2 Å². The second-order valence-electron chi connectivity index (χ2n) is 5.22.